The predicted molar refractivity (Wildman–Crippen MR) is 86.9 cm³/mol. The molecule has 3 rings (SSSR count). The number of rotatable bonds is 3. The van der Waals surface area contributed by atoms with Crippen LogP contribution in [0.25, 0.3) is 0 Å². The van der Waals surface area contributed by atoms with Gasteiger partial charge in [0.25, 0.3) is 0 Å². The highest BCUT2D eigenvalue weighted by atomic mass is 79.9. The third-order valence-corrected chi connectivity index (χ3v) is 7.12. The lowest BCUT2D eigenvalue weighted by molar-refractivity contribution is -0.946. The van der Waals surface area contributed by atoms with Gasteiger partial charge in [0.1, 0.15) is 0 Å². The monoisotopic (exact) mass is 385 g/mol. The third-order valence-electron chi connectivity index (χ3n) is 5.25. The maximum Gasteiger partial charge on any atom is 0.0895 e. The van der Waals surface area contributed by atoms with E-state index in [1.54, 1.807) is 0 Å². The van der Waals surface area contributed by atoms with E-state index in [0.29, 0.717) is 0 Å². The Morgan fingerprint density at radius 3 is 2.42 bits per heavy atom. The average molecular weight is 387 g/mol. The molecule has 2 aliphatic heterocycles. The molecule has 0 aromatic heterocycles. The van der Waals surface area contributed by atoms with Gasteiger partial charge in [-0.3, -0.25) is 0 Å². The predicted octanol–water partition coefficient (Wildman–Crippen LogP) is 4.73. The molecule has 2 bridgehead atoms. The van der Waals surface area contributed by atoms with Crippen LogP contribution in [0.15, 0.2) is 27.1 Å². The topological polar surface area (TPSA) is 0 Å². The van der Waals surface area contributed by atoms with E-state index < -0.39 is 0 Å². The van der Waals surface area contributed by atoms with Crippen LogP contribution in [0.2, 0.25) is 0 Å². The first-order valence-electron chi connectivity index (χ1n) is 7.20. The number of likely N-dealkylation sites (N-methyl/N-ethyl adjacent to an activating group) is 1. The Morgan fingerprint density at radius 2 is 1.79 bits per heavy atom. The number of halogens is 2. The highest BCUT2D eigenvalue weighted by Crippen LogP contribution is 2.40. The fourth-order valence-electron chi connectivity index (χ4n) is 3.90. The number of fused-ring (bicyclic) bond motifs is 2. The summed E-state index contributed by atoms with van der Waals surface area (Å²) in [5.74, 6) is 0. The first kappa shape index (κ1) is 14.1. The Labute approximate surface area is 133 Å². The molecule has 2 aliphatic rings. The lowest BCUT2D eigenvalue weighted by Crippen LogP contribution is -2.56. The average Bonchev–Trinajstić information content (AvgIpc) is 2.59. The Kier molecular flexibility index (Phi) is 4.08. The second-order valence-corrected chi connectivity index (χ2v) is 7.92. The minimum Gasteiger partial charge on any atom is -0.321 e. The third kappa shape index (κ3) is 2.66. The van der Waals surface area contributed by atoms with Gasteiger partial charge in [-0.2, -0.15) is 0 Å². The van der Waals surface area contributed by atoms with E-state index >= 15 is 0 Å². The minimum absolute atomic E-state index is 0.887. The molecule has 0 saturated carbocycles. The van der Waals surface area contributed by atoms with Crippen molar-refractivity contribution in [2.75, 3.05) is 13.6 Å². The smallest absolute Gasteiger partial charge is 0.0895 e. The molecule has 1 nitrogen and oxygen atoms in total. The van der Waals surface area contributed by atoms with E-state index in [1.807, 2.05) is 0 Å². The zero-order valence-corrected chi connectivity index (χ0v) is 14.6. The largest absolute Gasteiger partial charge is 0.321 e. The molecule has 0 amide bonds. The number of hydrogen-bond donors (Lipinski definition) is 0. The van der Waals surface area contributed by atoms with Crippen molar-refractivity contribution in [1.29, 1.82) is 0 Å². The van der Waals surface area contributed by atoms with Crippen LogP contribution in [0.4, 0.5) is 0 Å². The van der Waals surface area contributed by atoms with Crippen molar-refractivity contribution in [3.8, 4) is 0 Å². The molecule has 2 heterocycles. The van der Waals surface area contributed by atoms with E-state index in [9.17, 15) is 0 Å². The number of quaternary nitrogens is 1. The summed E-state index contributed by atoms with van der Waals surface area (Å²) in [6.45, 7) is 1.29. The van der Waals surface area contributed by atoms with Crippen LogP contribution < -0.4 is 0 Å². The van der Waals surface area contributed by atoms with E-state index in [-0.39, 0.29) is 0 Å². The van der Waals surface area contributed by atoms with Crippen LogP contribution in [0.1, 0.15) is 31.2 Å². The summed E-state index contributed by atoms with van der Waals surface area (Å²) in [5.41, 5.74) is 1.45. The van der Waals surface area contributed by atoms with E-state index in [1.165, 1.54) is 53.2 Å². The Balaban J connectivity index is 1.70. The van der Waals surface area contributed by atoms with E-state index in [2.05, 4.69) is 63.5 Å². The van der Waals surface area contributed by atoms with Crippen LogP contribution >= 0.6 is 31.9 Å². The first-order valence-corrected chi connectivity index (χ1v) is 8.78. The first-order chi connectivity index (χ1) is 9.09. The molecule has 1 aromatic carbocycles. The Bertz CT molecular complexity index is 456. The molecule has 0 spiro atoms. The summed E-state index contributed by atoms with van der Waals surface area (Å²) >= 11 is 7.15. The molecule has 3 atom stereocenters. The molecular weight excluding hydrogens is 366 g/mol. The van der Waals surface area contributed by atoms with Crippen molar-refractivity contribution in [2.45, 2.75) is 44.2 Å². The molecule has 2 fully saturated rings. The molecule has 19 heavy (non-hydrogen) atoms. The van der Waals surface area contributed by atoms with Crippen molar-refractivity contribution in [1.82, 2.24) is 0 Å². The number of piperidine rings is 1. The van der Waals surface area contributed by atoms with Crippen molar-refractivity contribution < 1.29 is 4.48 Å². The summed E-state index contributed by atoms with van der Waals surface area (Å²) < 4.78 is 3.62. The Hall–Kier alpha value is 0.140. The molecule has 0 aliphatic carbocycles. The summed E-state index contributed by atoms with van der Waals surface area (Å²) in [7, 11) is 2.49. The van der Waals surface area contributed by atoms with Gasteiger partial charge < -0.3 is 4.48 Å². The zero-order chi connectivity index (χ0) is 13.5. The van der Waals surface area contributed by atoms with Gasteiger partial charge in [0, 0.05) is 41.0 Å². The highest BCUT2D eigenvalue weighted by Gasteiger charge is 2.47. The van der Waals surface area contributed by atoms with Gasteiger partial charge in [-0.05, 0) is 56.0 Å². The molecule has 2 saturated heterocycles. The van der Waals surface area contributed by atoms with E-state index in [4.69, 9.17) is 0 Å². The summed E-state index contributed by atoms with van der Waals surface area (Å²) in [6.07, 6.45) is 9.24. The van der Waals surface area contributed by atoms with Crippen molar-refractivity contribution in [3.05, 3.63) is 39.1 Å². The quantitative estimate of drug-likeness (QED) is 0.658. The number of benzene rings is 1. The highest BCUT2D eigenvalue weighted by molar-refractivity contribution is 9.13. The van der Waals surface area contributed by atoms with Gasteiger partial charge >= 0.3 is 0 Å². The van der Waals surface area contributed by atoms with Crippen LogP contribution in [0.5, 0.6) is 0 Å². The summed E-state index contributed by atoms with van der Waals surface area (Å²) in [4.78, 5) is 0. The van der Waals surface area contributed by atoms with Gasteiger partial charge in [0.15, 0.2) is 0 Å². The van der Waals surface area contributed by atoms with Crippen LogP contribution in [0, 0.1) is 6.42 Å². The van der Waals surface area contributed by atoms with E-state index in [0.717, 1.165) is 16.6 Å². The summed E-state index contributed by atoms with van der Waals surface area (Å²) in [5, 5.41) is 0. The van der Waals surface area contributed by atoms with Crippen LogP contribution in [-0.2, 0) is 6.42 Å². The number of nitrogens with zero attached hydrogens (tertiary/aromatic N) is 1. The SMILES string of the molecule is C[N+]1(CCc2ccc(Br)c(Br)c2)[C@@H]2C[CH]C[C@H]1CC2. The second kappa shape index (κ2) is 5.50. The van der Waals surface area contributed by atoms with Crippen molar-refractivity contribution in [3.63, 3.8) is 0 Å². The lowest BCUT2D eigenvalue weighted by atomic mass is 9.98. The summed E-state index contributed by atoms with van der Waals surface area (Å²) in [6, 6.07) is 8.43. The minimum atomic E-state index is 0.887. The lowest BCUT2D eigenvalue weighted by Gasteiger charge is -2.44. The van der Waals surface area contributed by atoms with Gasteiger partial charge in [-0.25, -0.2) is 0 Å². The molecular formula is C16H21Br2N+. The molecule has 0 N–H and O–H groups in total. The molecule has 1 radical (unpaired) electrons. The standard InChI is InChI=1S/C16H21Br2N/c1-19(13-3-2-4-14(19)7-6-13)10-9-12-5-8-15(17)16(18)11-12/h2,5,8,11,13-14H,3-4,6-7,9-10H2,1H3/q+1/t13-,14+,19?. The zero-order valence-electron chi connectivity index (χ0n) is 11.4. The fraction of sp³-hybridized carbons (Fsp3) is 0.562. The van der Waals surface area contributed by atoms with Crippen LogP contribution in [-0.4, -0.2) is 30.2 Å². The fourth-order valence-corrected chi connectivity index (χ4v) is 4.57. The van der Waals surface area contributed by atoms with Crippen molar-refractivity contribution >= 4 is 31.9 Å². The van der Waals surface area contributed by atoms with Gasteiger partial charge in [-0.1, -0.05) is 6.07 Å². The molecule has 1 aromatic rings. The second-order valence-electron chi connectivity index (χ2n) is 6.21. The van der Waals surface area contributed by atoms with Gasteiger partial charge in [0.05, 0.1) is 25.7 Å². The molecule has 3 heteroatoms. The molecule has 1 unspecified atom stereocenters. The Morgan fingerprint density at radius 1 is 1.11 bits per heavy atom. The normalized spacial score (nSPS) is 33.6. The van der Waals surface area contributed by atoms with Crippen molar-refractivity contribution in [2.24, 2.45) is 0 Å². The molecule has 103 valence electrons. The maximum absolute atomic E-state index is 3.60. The van der Waals surface area contributed by atoms with Gasteiger partial charge in [-0.15, -0.1) is 0 Å². The number of hydrogen-bond acceptors (Lipinski definition) is 0. The van der Waals surface area contributed by atoms with Gasteiger partial charge in [0.2, 0.25) is 0 Å². The maximum atomic E-state index is 3.60. The van der Waals surface area contributed by atoms with Crippen LogP contribution in [0.3, 0.4) is 0 Å².